The molecule has 8 heavy (non-hydrogen) atoms. The highest BCUT2D eigenvalue weighted by Gasteiger charge is 1.86. The molecule has 0 N–H and O–H groups in total. The predicted octanol–water partition coefficient (Wildman–Crippen LogP) is 1.15. The first-order chi connectivity index (χ1) is 3.72. The molecule has 0 amide bonds. The molecule has 0 spiro atoms. The van der Waals surface area contributed by atoms with E-state index in [0.717, 1.165) is 6.29 Å². The van der Waals surface area contributed by atoms with Crippen molar-refractivity contribution >= 4 is 6.29 Å². The summed E-state index contributed by atoms with van der Waals surface area (Å²) in [6.07, 6.45) is 5.74. The number of allylic oxidation sites excluding steroid dienone is 2. The number of terminal acetylenes is 1. The van der Waals surface area contributed by atoms with Gasteiger partial charge in [0.05, 0.1) is 0 Å². The molecule has 0 aliphatic heterocycles. The van der Waals surface area contributed by atoms with Crippen LogP contribution in [-0.4, -0.2) is 6.29 Å². The van der Waals surface area contributed by atoms with E-state index in [0.29, 0.717) is 11.1 Å². The van der Waals surface area contributed by atoms with E-state index < -0.39 is 0 Å². The molecule has 0 bridgehead atoms. The summed E-state index contributed by atoms with van der Waals surface area (Å²) in [5.41, 5.74) is 1.34. The normalized spacial score (nSPS) is 11.6. The molecule has 0 aliphatic carbocycles. The van der Waals surface area contributed by atoms with E-state index in [4.69, 9.17) is 6.42 Å². The first kappa shape index (κ1) is 6.97. The number of carbonyl (C=O) groups is 1. The van der Waals surface area contributed by atoms with Gasteiger partial charge in [-0.15, -0.1) is 6.42 Å². The zero-order chi connectivity index (χ0) is 6.57. The Bertz CT molecular complexity index is 158. The highest BCUT2D eigenvalue weighted by Crippen LogP contribution is 1.95. The van der Waals surface area contributed by atoms with Crippen molar-refractivity contribution in [3.05, 3.63) is 11.1 Å². The maximum Gasteiger partial charge on any atom is 0.146 e. The molecule has 1 nitrogen and oxygen atoms in total. The second-order valence-corrected chi connectivity index (χ2v) is 1.57. The topological polar surface area (TPSA) is 17.1 Å². The molecule has 0 unspecified atom stereocenters. The molecule has 0 saturated heterocycles. The van der Waals surface area contributed by atoms with Crippen molar-refractivity contribution in [3.63, 3.8) is 0 Å². The van der Waals surface area contributed by atoms with Gasteiger partial charge in [0.15, 0.2) is 0 Å². The lowest BCUT2D eigenvalue weighted by Crippen LogP contribution is -1.80. The maximum atomic E-state index is 9.95. The molecule has 0 aromatic carbocycles. The van der Waals surface area contributed by atoms with Crippen LogP contribution in [0.3, 0.4) is 0 Å². The third-order valence-corrected chi connectivity index (χ3v) is 0.985. The van der Waals surface area contributed by atoms with Gasteiger partial charge in [-0.3, -0.25) is 4.79 Å². The first-order valence-electron chi connectivity index (χ1n) is 2.31. The van der Waals surface area contributed by atoms with Crippen LogP contribution in [-0.2, 0) is 4.79 Å². The monoisotopic (exact) mass is 108 g/mol. The SMILES string of the molecule is C#C/C(C)=C(\C)C=O. The second-order valence-electron chi connectivity index (χ2n) is 1.57. The summed E-state index contributed by atoms with van der Waals surface area (Å²) in [7, 11) is 0. The maximum absolute atomic E-state index is 9.95. The van der Waals surface area contributed by atoms with Crippen LogP contribution in [0.1, 0.15) is 13.8 Å². The Kier molecular flexibility index (Phi) is 2.64. The first-order valence-corrected chi connectivity index (χ1v) is 2.31. The zero-order valence-corrected chi connectivity index (χ0v) is 5.06. The summed E-state index contributed by atoms with van der Waals surface area (Å²) in [5, 5.41) is 0. The van der Waals surface area contributed by atoms with Crippen LogP contribution >= 0.6 is 0 Å². The third-order valence-electron chi connectivity index (χ3n) is 0.985. The summed E-state index contributed by atoms with van der Waals surface area (Å²) >= 11 is 0. The minimum atomic E-state index is 0.632. The Labute approximate surface area is 49.4 Å². The molecular formula is C7H8O. The van der Waals surface area contributed by atoms with Gasteiger partial charge in [-0.2, -0.15) is 0 Å². The minimum absolute atomic E-state index is 0.632. The molecule has 1 heteroatoms. The number of aldehydes is 1. The Morgan fingerprint density at radius 1 is 1.62 bits per heavy atom. The van der Waals surface area contributed by atoms with E-state index in [1.165, 1.54) is 0 Å². The van der Waals surface area contributed by atoms with Crippen molar-refractivity contribution in [1.82, 2.24) is 0 Å². The van der Waals surface area contributed by atoms with E-state index in [9.17, 15) is 4.79 Å². The largest absolute Gasteiger partial charge is 0.298 e. The van der Waals surface area contributed by atoms with Gasteiger partial charge in [-0.05, 0) is 19.4 Å². The van der Waals surface area contributed by atoms with E-state index in [2.05, 4.69) is 5.92 Å². The minimum Gasteiger partial charge on any atom is -0.298 e. The average Bonchev–Trinajstić information content (AvgIpc) is 1.84. The summed E-state index contributed by atoms with van der Waals surface area (Å²) in [6.45, 7) is 3.44. The van der Waals surface area contributed by atoms with E-state index >= 15 is 0 Å². The molecule has 0 heterocycles. The summed E-state index contributed by atoms with van der Waals surface area (Å²) in [4.78, 5) is 9.95. The zero-order valence-electron chi connectivity index (χ0n) is 5.06. The summed E-state index contributed by atoms with van der Waals surface area (Å²) < 4.78 is 0. The van der Waals surface area contributed by atoms with Gasteiger partial charge in [-0.1, -0.05) is 5.92 Å². The van der Waals surface area contributed by atoms with Crippen molar-refractivity contribution in [2.75, 3.05) is 0 Å². The quantitative estimate of drug-likeness (QED) is 0.280. The van der Waals surface area contributed by atoms with Crippen molar-refractivity contribution in [3.8, 4) is 12.3 Å². The Hall–Kier alpha value is -1.03. The molecule has 0 saturated carbocycles. The summed E-state index contributed by atoms with van der Waals surface area (Å²) in [6, 6.07) is 0. The fraction of sp³-hybridized carbons (Fsp3) is 0.286. The van der Waals surface area contributed by atoms with Gasteiger partial charge in [-0.25, -0.2) is 0 Å². The molecule has 0 aromatic heterocycles. The lowest BCUT2D eigenvalue weighted by atomic mass is 10.2. The number of carbonyl (C=O) groups excluding carboxylic acids is 1. The van der Waals surface area contributed by atoms with Crippen LogP contribution in [0.25, 0.3) is 0 Å². The highest BCUT2D eigenvalue weighted by molar-refractivity contribution is 5.74. The van der Waals surface area contributed by atoms with Crippen LogP contribution in [0.15, 0.2) is 11.1 Å². The molecule has 42 valence electrons. The fourth-order valence-electron chi connectivity index (χ4n) is 0.202. The lowest BCUT2D eigenvalue weighted by Gasteiger charge is -1.86. The average molecular weight is 108 g/mol. The molecule has 0 radical (unpaired) electrons. The summed E-state index contributed by atoms with van der Waals surface area (Å²) in [5.74, 6) is 2.36. The van der Waals surface area contributed by atoms with E-state index in [1.807, 2.05) is 0 Å². The second kappa shape index (κ2) is 3.04. The third kappa shape index (κ3) is 1.61. The molecule has 0 rings (SSSR count). The van der Waals surface area contributed by atoms with Crippen molar-refractivity contribution in [2.24, 2.45) is 0 Å². The van der Waals surface area contributed by atoms with E-state index in [-0.39, 0.29) is 0 Å². The van der Waals surface area contributed by atoms with Gasteiger partial charge in [0, 0.05) is 5.57 Å². The molecule has 0 aromatic rings. The number of rotatable bonds is 1. The van der Waals surface area contributed by atoms with Crippen molar-refractivity contribution in [2.45, 2.75) is 13.8 Å². The van der Waals surface area contributed by atoms with Crippen molar-refractivity contribution in [1.29, 1.82) is 0 Å². The fourth-order valence-corrected chi connectivity index (χ4v) is 0.202. The Morgan fingerprint density at radius 3 is 2.25 bits per heavy atom. The van der Waals surface area contributed by atoms with Crippen LogP contribution < -0.4 is 0 Å². The predicted molar refractivity (Wildman–Crippen MR) is 33.3 cm³/mol. The molecule has 0 atom stereocenters. The van der Waals surface area contributed by atoms with Crippen LogP contribution in [0.4, 0.5) is 0 Å². The van der Waals surface area contributed by atoms with Gasteiger partial charge >= 0.3 is 0 Å². The van der Waals surface area contributed by atoms with Gasteiger partial charge < -0.3 is 0 Å². The number of hydrogen-bond donors (Lipinski definition) is 0. The Morgan fingerprint density at radius 2 is 2.12 bits per heavy atom. The lowest BCUT2D eigenvalue weighted by molar-refractivity contribution is -0.104. The van der Waals surface area contributed by atoms with E-state index in [1.54, 1.807) is 13.8 Å². The molecular weight excluding hydrogens is 100 g/mol. The Balaban J connectivity index is 4.33. The number of hydrogen-bond acceptors (Lipinski definition) is 1. The van der Waals surface area contributed by atoms with Crippen LogP contribution in [0.5, 0.6) is 0 Å². The van der Waals surface area contributed by atoms with Gasteiger partial charge in [0.1, 0.15) is 6.29 Å². The molecule has 0 fully saturated rings. The van der Waals surface area contributed by atoms with Gasteiger partial charge in [0.2, 0.25) is 0 Å². The van der Waals surface area contributed by atoms with Crippen LogP contribution in [0, 0.1) is 12.3 Å². The van der Waals surface area contributed by atoms with Crippen molar-refractivity contribution < 1.29 is 4.79 Å². The van der Waals surface area contributed by atoms with Gasteiger partial charge in [0.25, 0.3) is 0 Å². The smallest absolute Gasteiger partial charge is 0.146 e. The highest BCUT2D eigenvalue weighted by atomic mass is 16.1. The van der Waals surface area contributed by atoms with Crippen LogP contribution in [0.2, 0.25) is 0 Å². The molecule has 0 aliphatic rings. The standard InChI is InChI=1S/C7H8O/c1-4-6(2)7(3)5-8/h1,5H,2-3H3/b7-6+.